The molecule has 1 aliphatic heterocycles. The van der Waals surface area contributed by atoms with Gasteiger partial charge >= 0.3 is 0 Å². The summed E-state index contributed by atoms with van der Waals surface area (Å²) >= 11 is 0. The van der Waals surface area contributed by atoms with Gasteiger partial charge in [-0.2, -0.15) is 0 Å². The highest BCUT2D eigenvalue weighted by Gasteiger charge is 2.22. The van der Waals surface area contributed by atoms with Gasteiger partial charge in [0.15, 0.2) is 0 Å². The fourth-order valence-corrected chi connectivity index (χ4v) is 3.50. The van der Waals surface area contributed by atoms with Crippen LogP contribution >= 0.6 is 0 Å². The van der Waals surface area contributed by atoms with Crippen molar-refractivity contribution in [3.63, 3.8) is 0 Å². The first-order valence-corrected chi connectivity index (χ1v) is 9.77. The topological polar surface area (TPSA) is 67.6 Å². The van der Waals surface area contributed by atoms with E-state index in [0.29, 0.717) is 41.3 Å². The Morgan fingerprint density at radius 3 is 2.68 bits per heavy atom. The highest BCUT2D eigenvalue weighted by Crippen LogP contribution is 2.25. The molecule has 1 atom stereocenters. The van der Waals surface area contributed by atoms with E-state index in [2.05, 4.69) is 24.1 Å². The lowest BCUT2D eigenvalue weighted by molar-refractivity contribution is 0.0923. The van der Waals surface area contributed by atoms with Crippen LogP contribution in [0.3, 0.4) is 0 Å². The fraction of sp³-hybridized carbons (Fsp3) is 0.409. The average molecular weight is 385 g/mol. The van der Waals surface area contributed by atoms with E-state index in [1.165, 1.54) is 24.3 Å². The van der Waals surface area contributed by atoms with Crippen molar-refractivity contribution in [3.05, 3.63) is 53.8 Å². The van der Waals surface area contributed by atoms with Crippen molar-refractivity contribution in [1.29, 1.82) is 0 Å². The number of nitrogens with one attached hydrogen (secondary N) is 1. The molecule has 150 valence electrons. The van der Waals surface area contributed by atoms with Crippen LogP contribution < -0.4 is 15.8 Å². The molecule has 5 nitrogen and oxygen atoms in total. The Labute approximate surface area is 165 Å². The van der Waals surface area contributed by atoms with Crippen LogP contribution in [0.4, 0.5) is 10.1 Å². The van der Waals surface area contributed by atoms with E-state index in [1.54, 1.807) is 18.2 Å². The molecular weight excluding hydrogens is 357 g/mol. The van der Waals surface area contributed by atoms with Gasteiger partial charge in [0.1, 0.15) is 17.3 Å². The maximum atomic E-state index is 13.0. The summed E-state index contributed by atoms with van der Waals surface area (Å²) in [5, 5.41) is 3.02. The molecule has 3 N–H and O–H groups in total. The van der Waals surface area contributed by atoms with Crippen LogP contribution in [0.2, 0.25) is 0 Å². The van der Waals surface area contributed by atoms with Crippen LogP contribution in [0.5, 0.6) is 11.5 Å². The van der Waals surface area contributed by atoms with Gasteiger partial charge in [-0.25, -0.2) is 4.39 Å². The summed E-state index contributed by atoms with van der Waals surface area (Å²) < 4.78 is 18.7. The second kappa shape index (κ2) is 9.06. The van der Waals surface area contributed by atoms with Gasteiger partial charge in [0.25, 0.3) is 5.91 Å². The Balaban J connectivity index is 1.62. The standard InChI is InChI=1S/C22H28FN3O2/c1-15(2)26-11-3-4-16(14-26)13-25-22(27)20-12-19(9-10-21(20)24)28-18-7-5-17(23)6-8-18/h5-10,12,15-16H,3-4,11,13-14,24H2,1-2H3,(H,25,27). The molecule has 6 heteroatoms. The first-order chi connectivity index (χ1) is 13.4. The number of carbonyl (C=O) groups is 1. The molecule has 0 aromatic heterocycles. The van der Waals surface area contributed by atoms with E-state index in [4.69, 9.17) is 10.5 Å². The summed E-state index contributed by atoms with van der Waals surface area (Å²) in [6, 6.07) is 11.2. The minimum Gasteiger partial charge on any atom is -0.457 e. The fourth-order valence-electron chi connectivity index (χ4n) is 3.50. The normalized spacial score (nSPS) is 17.5. The van der Waals surface area contributed by atoms with Gasteiger partial charge in [-0.3, -0.25) is 4.79 Å². The van der Waals surface area contributed by atoms with Crippen molar-refractivity contribution in [1.82, 2.24) is 10.2 Å². The van der Waals surface area contributed by atoms with Gasteiger partial charge in [0, 0.05) is 24.8 Å². The number of likely N-dealkylation sites (tertiary alicyclic amines) is 1. The second-order valence-electron chi connectivity index (χ2n) is 7.61. The molecule has 1 fully saturated rings. The minimum atomic E-state index is -0.330. The van der Waals surface area contributed by atoms with Crippen LogP contribution in [0.1, 0.15) is 37.0 Å². The molecule has 28 heavy (non-hydrogen) atoms. The van der Waals surface area contributed by atoms with E-state index >= 15 is 0 Å². The van der Waals surface area contributed by atoms with Crippen molar-refractivity contribution in [2.75, 3.05) is 25.4 Å². The number of carbonyl (C=O) groups excluding carboxylic acids is 1. The number of nitrogen functional groups attached to an aromatic ring is 1. The molecule has 0 spiro atoms. The lowest BCUT2D eigenvalue weighted by atomic mass is 9.97. The number of rotatable bonds is 6. The SMILES string of the molecule is CC(C)N1CCCC(CNC(=O)c2cc(Oc3ccc(F)cc3)ccc2N)C1. The van der Waals surface area contributed by atoms with E-state index in [-0.39, 0.29) is 11.7 Å². The molecule has 0 saturated carbocycles. The largest absolute Gasteiger partial charge is 0.457 e. The Bertz CT molecular complexity index is 808. The number of nitrogens with two attached hydrogens (primary N) is 1. The van der Waals surface area contributed by atoms with Crippen LogP contribution in [0, 0.1) is 11.7 Å². The average Bonchev–Trinajstić information content (AvgIpc) is 2.69. The summed E-state index contributed by atoms with van der Waals surface area (Å²) in [5.74, 6) is 0.885. The number of hydrogen-bond acceptors (Lipinski definition) is 4. The van der Waals surface area contributed by atoms with Gasteiger partial charge in [-0.05, 0) is 81.6 Å². The molecule has 1 saturated heterocycles. The predicted octanol–water partition coefficient (Wildman–Crippen LogP) is 4.05. The maximum absolute atomic E-state index is 13.0. The molecule has 3 rings (SSSR count). The van der Waals surface area contributed by atoms with E-state index in [1.807, 2.05) is 0 Å². The monoisotopic (exact) mass is 385 g/mol. The third kappa shape index (κ3) is 5.23. The summed E-state index contributed by atoms with van der Waals surface area (Å²) in [6.45, 7) is 7.16. The zero-order valence-electron chi connectivity index (χ0n) is 16.5. The zero-order valence-corrected chi connectivity index (χ0v) is 16.5. The summed E-state index contributed by atoms with van der Waals surface area (Å²) in [4.78, 5) is 15.1. The van der Waals surface area contributed by atoms with Crippen LogP contribution in [-0.2, 0) is 0 Å². The number of benzene rings is 2. The molecule has 0 radical (unpaired) electrons. The Kier molecular flexibility index (Phi) is 6.52. The van der Waals surface area contributed by atoms with E-state index in [0.717, 1.165) is 25.9 Å². The second-order valence-corrected chi connectivity index (χ2v) is 7.61. The van der Waals surface area contributed by atoms with Gasteiger partial charge < -0.3 is 20.7 Å². The molecule has 1 unspecified atom stereocenters. The van der Waals surface area contributed by atoms with E-state index < -0.39 is 0 Å². The molecule has 0 bridgehead atoms. The predicted molar refractivity (Wildman–Crippen MR) is 109 cm³/mol. The van der Waals surface area contributed by atoms with Gasteiger partial charge in [-0.1, -0.05) is 0 Å². The van der Waals surface area contributed by atoms with Crippen LogP contribution in [0.25, 0.3) is 0 Å². The first kappa shape index (κ1) is 20.1. The van der Waals surface area contributed by atoms with Crippen molar-refractivity contribution in [2.45, 2.75) is 32.7 Å². The number of nitrogens with zero attached hydrogens (tertiary/aromatic N) is 1. The van der Waals surface area contributed by atoms with Gasteiger partial charge in [-0.15, -0.1) is 0 Å². The maximum Gasteiger partial charge on any atom is 0.253 e. The van der Waals surface area contributed by atoms with Crippen LogP contribution in [0.15, 0.2) is 42.5 Å². The van der Waals surface area contributed by atoms with Gasteiger partial charge in [0.2, 0.25) is 0 Å². The molecule has 2 aromatic carbocycles. The minimum absolute atomic E-state index is 0.205. The highest BCUT2D eigenvalue weighted by atomic mass is 19.1. The smallest absolute Gasteiger partial charge is 0.253 e. The third-order valence-corrected chi connectivity index (χ3v) is 5.15. The Hall–Kier alpha value is -2.60. The first-order valence-electron chi connectivity index (χ1n) is 9.77. The number of piperidine rings is 1. The molecular formula is C22H28FN3O2. The lowest BCUT2D eigenvalue weighted by Crippen LogP contribution is -2.43. The molecule has 0 aliphatic carbocycles. The zero-order chi connectivity index (χ0) is 20.1. The van der Waals surface area contributed by atoms with Crippen molar-refractivity contribution >= 4 is 11.6 Å². The molecule has 1 heterocycles. The summed E-state index contributed by atoms with van der Waals surface area (Å²) in [5.41, 5.74) is 6.78. The number of hydrogen-bond donors (Lipinski definition) is 2. The Morgan fingerprint density at radius 1 is 1.25 bits per heavy atom. The Morgan fingerprint density at radius 2 is 1.96 bits per heavy atom. The number of anilines is 1. The van der Waals surface area contributed by atoms with Crippen molar-refractivity contribution < 1.29 is 13.9 Å². The van der Waals surface area contributed by atoms with Crippen molar-refractivity contribution in [3.8, 4) is 11.5 Å². The lowest BCUT2D eigenvalue weighted by Gasteiger charge is -2.35. The quantitative estimate of drug-likeness (QED) is 0.736. The van der Waals surface area contributed by atoms with Crippen LogP contribution in [-0.4, -0.2) is 36.5 Å². The molecule has 1 amide bonds. The summed E-state index contributed by atoms with van der Waals surface area (Å²) in [7, 11) is 0. The third-order valence-electron chi connectivity index (χ3n) is 5.15. The van der Waals surface area contributed by atoms with E-state index in [9.17, 15) is 9.18 Å². The number of amides is 1. The van der Waals surface area contributed by atoms with Gasteiger partial charge in [0.05, 0.1) is 5.56 Å². The molecule has 2 aromatic rings. The number of ether oxygens (including phenoxy) is 1. The molecule has 1 aliphatic rings. The summed E-state index contributed by atoms with van der Waals surface area (Å²) in [6.07, 6.45) is 2.27. The highest BCUT2D eigenvalue weighted by molar-refractivity contribution is 5.99. The number of halogens is 1. The van der Waals surface area contributed by atoms with Crippen molar-refractivity contribution in [2.24, 2.45) is 5.92 Å².